The first-order valence-corrected chi connectivity index (χ1v) is 8.22. The number of hydrogen-bond acceptors (Lipinski definition) is 3. The smallest absolute Gasteiger partial charge is 0.238 e. The Morgan fingerprint density at radius 2 is 1.52 bits per heavy atom. The average molecular weight is 307 g/mol. The molecule has 0 aromatic heterocycles. The molecular formula is C19H17NO3. The number of amides is 2. The van der Waals surface area contributed by atoms with Crippen LogP contribution in [0, 0.1) is 29.1 Å². The van der Waals surface area contributed by atoms with Crippen molar-refractivity contribution in [2.75, 3.05) is 4.90 Å². The zero-order valence-corrected chi connectivity index (χ0v) is 12.9. The number of anilines is 1. The Balaban J connectivity index is 1.52. The lowest BCUT2D eigenvalue weighted by molar-refractivity contribution is -0.123. The molecule has 2 bridgehead atoms. The van der Waals surface area contributed by atoms with Gasteiger partial charge in [0.05, 0.1) is 17.5 Å². The van der Waals surface area contributed by atoms with Crippen LogP contribution in [0.3, 0.4) is 0 Å². The Bertz CT molecular complexity index is 753. The fourth-order valence-corrected chi connectivity index (χ4v) is 5.18. The molecule has 0 radical (unpaired) electrons. The van der Waals surface area contributed by atoms with Crippen molar-refractivity contribution in [3.05, 3.63) is 42.0 Å². The third-order valence-corrected chi connectivity index (χ3v) is 6.38. The summed E-state index contributed by atoms with van der Waals surface area (Å²) < 4.78 is 0. The van der Waals surface area contributed by atoms with Crippen molar-refractivity contribution in [2.45, 2.75) is 19.8 Å². The number of hydrogen-bond donors (Lipinski definition) is 0. The Morgan fingerprint density at radius 3 is 1.96 bits per heavy atom. The van der Waals surface area contributed by atoms with Crippen LogP contribution in [0.2, 0.25) is 0 Å². The van der Waals surface area contributed by atoms with Gasteiger partial charge in [-0.3, -0.25) is 19.3 Å². The second-order valence-corrected chi connectivity index (χ2v) is 7.34. The van der Waals surface area contributed by atoms with Gasteiger partial charge in [-0.15, -0.1) is 0 Å². The zero-order chi connectivity index (χ0) is 15.9. The summed E-state index contributed by atoms with van der Waals surface area (Å²) in [6, 6.07) is 6.77. The van der Waals surface area contributed by atoms with E-state index >= 15 is 0 Å². The molecule has 3 fully saturated rings. The Labute approximate surface area is 134 Å². The van der Waals surface area contributed by atoms with Crippen molar-refractivity contribution in [3.63, 3.8) is 0 Å². The molecular weight excluding hydrogens is 290 g/mol. The van der Waals surface area contributed by atoms with Crippen molar-refractivity contribution in [3.8, 4) is 0 Å². The number of ketones is 1. The van der Waals surface area contributed by atoms with Gasteiger partial charge in [0.1, 0.15) is 0 Å². The molecule has 1 spiro atoms. The summed E-state index contributed by atoms with van der Waals surface area (Å²) in [4.78, 5) is 38.6. The van der Waals surface area contributed by atoms with Crippen LogP contribution in [0.4, 0.5) is 5.69 Å². The minimum atomic E-state index is -0.174. The van der Waals surface area contributed by atoms with E-state index < -0.39 is 0 Å². The maximum atomic E-state index is 12.9. The minimum absolute atomic E-state index is 0.0228. The van der Waals surface area contributed by atoms with Crippen molar-refractivity contribution in [2.24, 2.45) is 29.1 Å². The molecule has 4 heteroatoms. The lowest BCUT2D eigenvalue weighted by atomic mass is 9.85. The lowest BCUT2D eigenvalue weighted by Gasteiger charge is -2.21. The van der Waals surface area contributed by atoms with E-state index in [0.29, 0.717) is 11.3 Å². The number of fused-ring (bicyclic) bond motifs is 3. The van der Waals surface area contributed by atoms with Gasteiger partial charge in [-0.25, -0.2) is 0 Å². The van der Waals surface area contributed by atoms with Crippen LogP contribution in [0.5, 0.6) is 0 Å². The third-order valence-electron chi connectivity index (χ3n) is 6.38. The molecule has 1 heterocycles. The second-order valence-electron chi connectivity index (χ2n) is 7.34. The Hall–Kier alpha value is -2.23. The van der Waals surface area contributed by atoms with Crippen LogP contribution >= 0.6 is 0 Å². The molecule has 3 aliphatic carbocycles. The van der Waals surface area contributed by atoms with E-state index in [1.807, 2.05) is 0 Å². The van der Waals surface area contributed by atoms with Gasteiger partial charge in [0.2, 0.25) is 11.8 Å². The van der Waals surface area contributed by atoms with Gasteiger partial charge in [0, 0.05) is 5.56 Å². The molecule has 1 aliphatic heterocycles. The number of benzene rings is 1. The van der Waals surface area contributed by atoms with Gasteiger partial charge < -0.3 is 0 Å². The highest BCUT2D eigenvalue weighted by Gasteiger charge is 2.73. The molecule has 4 nitrogen and oxygen atoms in total. The molecule has 0 N–H and O–H groups in total. The maximum Gasteiger partial charge on any atom is 0.238 e. The van der Waals surface area contributed by atoms with Crippen LogP contribution in [-0.4, -0.2) is 17.6 Å². The number of nitrogens with zero attached hydrogens (tertiary/aromatic N) is 1. The first kappa shape index (κ1) is 13.2. The fraction of sp³-hybridized carbons (Fsp3) is 0.421. The standard InChI is InChI=1S/C19H17NO3/c1-10(21)11-2-4-12(5-3-11)20-17(22)15-13-6-7-14(16(15)18(20)23)19(13)8-9-19/h2-7,13-16H,8-9H2,1H3/t13-,14+,15-,16-/m0/s1. The summed E-state index contributed by atoms with van der Waals surface area (Å²) in [5, 5.41) is 0. The van der Waals surface area contributed by atoms with Gasteiger partial charge in [0.25, 0.3) is 0 Å². The molecule has 1 aromatic rings. The van der Waals surface area contributed by atoms with Crippen LogP contribution in [0.25, 0.3) is 0 Å². The number of imide groups is 1. The van der Waals surface area contributed by atoms with Gasteiger partial charge in [-0.1, -0.05) is 12.2 Å². The molecule has 116 valence electrons. The molecule has 23 heavy (non-hydrogen) atoms. The number of Topliss-reactive ketones (excluding diaryl/α,β-unsaturated/α-hetero) is 1. The summed E-state index contributed by atoms with van der Waals surface area (Å²) in [7, 11) is 0. The Morgan fingerprint density at radius 1 is 1.00 bits per heavy atom. The maximum absolute atomic E-state index is 12.9. The van der Waals surface area contributed by atoms with Crippen LogP contribution in [-0.2, 0) is 9.59 Å². The topological polar surface area (TPSA) is 54.5 Å². The molecule has 1 aromatic carbocycles. The summed E-state index contributed by atoms with van der Waals surface area (Å²) in [6.45, 7) is 1.50. The Kier molecular flexibility index (Phi) is 2.30. The van der Waals surface area contributed by atoms with E-state index in [1.54, 1.807) is 24.3 Å². The van der Waals surface area contributed by atoms with Gasteiger partial charge in [-0.05, 0) is 61.3 Å². The SMILES string of the molecule is CC(=O)c1ccc(N2C(=O)[C@@H]3[C@@H](C2=O)[C@@H]2C=C[C@H]3C23CC3)cc1. The van der Waals surface area contributed by atoms with E-state index in [1.165, 1.54) is 11.8 Å². The molecule has 5 rings (SSSR count). The van der Waals surface area contributed by atoms with E-state index in [-0.39, 0.29) is 46.7 Å². The number of allylic oxidation sites excluding steroid dienone is 2. The van der Waals surface area contributed by atoms with Crippen molar-refractivity contribution >= 4 is 23.3 Å². The molecule has 1 saturated heterocycles. The largest absolute Gasteiger partial charge is 0.295 e. The van der Waals surface area contributed by atoms with Crippen molar-refractivity contribution < 1.29 is 14.4 Å². The first-order chi connectivity index (χ1) is 11.0. The predicted octanol–water partition coefficient (Wildman–Crippen LogP) is 2.59. The van der Waals surface area contributed by atoms with Crippen LogP contribution in [0.1, 0.15) is 30.1 Å². The fourth-order valence-electron chi connectivity index (χ4n) is 5.18. The number of carbonyl (C=O) groups is 3. The predicted molar refractivity (Wildman–Crippen MR) is 83.7 cm³/mol. The molecule has 2 amide bonds. The van der Waals surface area contributed by atoms with Gasteiger partial charge in [-0.2, -0.15) is 0 Å². The van der Waals surface area contributed by atoms with Gasteiger partial charge in [0.15, 0.2) is 5.78 Å². The molecule has 4 aliphatic rings. The van der Waals surface area contributed by atoms with Crippen LogP contribution < -0.4 is 4.90 Å². The van der Waals surface area contributed by atoms with E-state index in [9.17, 15) is 14.4 Å². The monoisotopic (exact) mass is 307 g/mol. The van der Waals surface area contributed by atoms with Crippen molar-refractivity contribution in [1.82, 2.24) is 0 Å². The number of carbonyl (C=O) groups excluding carboxylic acids is 3. The third kappa shape index (κ3) is 1.44. The summed E-state index contributed by atoms with van der Waals surface area (Å²) in [5.41, 5.74) is 1.40. The lowest BCUT2D eigenvalue weighted by Crippen LogP contribution is -2.34. The quantitative estimate of drug-likeness (QED) is 0.479. The summed E-state index contributed by atoms with van der Waals surface area (Å²) in [5.74, 6) is 0.00802. The highest BCUT2D eigenvalue weighted by Crippen LogP contribution is 2.73. The number of rotatable bonds is 2. The summed E-state index contributed by atoms with van der Waals surface area (Å²) in [6.07, 6.45) is 6.64. The van der Waals surface area contributed by atoms with E-state index in [2.05, 4.69) is 12.2 Å². The first-order valence-electron chi connectivity index (χ1n) is 8.22. The minimum Gasteiger partial charge on any atom is -0.295 e. The second kappa shape index (κ2) is 3.99. The molecule has 0 unspecified atom stereocenters. The van der Waals surface area contributed by atoms with Crippen molar-refractivity contribution in [1.29, 1.82) is 0 Å². The normalized spacial score (nSPS) is 35.3. The van der Waals surface area contributed by atoms with Gasteiger partial charge >= 0.3 is 0 Å². The molecule has 4 atom stereocenters. The highest BCUT2D eigenvalue weighted by atomic mass is 16.2. The van der Waals surface area contributed by atoms with E-state index in [0.717, 1.165) is 12.8 Å². The van der Waals surface area contributed by atoms with E-state index in [4.69, 9.17) is 0 Å². The summed E-state index contributed by atoms with van der Waals surface area (Å²) >= 11 is 0. The zero-order valence-electron chi connectivity index (χ0n) is 12.9. The molecule has 2 saturated carbocycles. The highest BCUT2D eigenvalue weighted by molar-refractivity contribution is 6.23. The average Bonchev–Trinajstić information content (AvgIpc) is 3.13. The van der Waals surface area contributed by atoms with Crippen LogP contribution in [0.15, 0.2) is 36.4 Å².